The number of halogens is 1. The summed E-state index contributed by atoms with van der Waals surface area (Å²) in [5, 5.41) is 0. The quantitative estimate of drug-likeness (QED) is 0.627. The Morgan fingerprint density at radius 2 is 1.55 bits per heavy atom. The highest BCUT2D eigenvalue weighted by atomic mass is 19.1. The van der Waals surface area contributed by atoms with Gasteiger partial charge in [0.25, 0.3) is 0 Å². The first-order valence-electron chi connectivity index (χ1n) is 7.26. The molecule has 0 aliphatic heterocycles. The summed E-state index contributed by atoms with van der Waals surface area (Å²) in [6.07, 6.45) is 0. The molecular formula is C20H17FO. The fourth-order valence-corrected chi connectivity index (χ4v) is 2.42. The van der Waals surface area contributed by atoms with E-state index < -0.39 is 0 Å². The van der Waals surface area contributed by atoms with E-state index in [0.29, 0.717) is 17.9 Å². The molecule has 0 unspecified atom stereocenters. The molecule has 0 fully saturated rings. The number of rotatable bonds is 4. The van der Waals surface area contributed by atoms with E-state index in [9.17, 15) is 4.39 Å². The van der Waals surface area contributed by atoms with Crippen LogP contribution in [0.3, 0.4) is 0 Å². The van der Waals surface area contributed by atoms with Gasteiger partial charge in [0.1, 0.15) is 18.2 Å². The molecule has 0 spiro atoms. The maximum atomic E-state index is 14.4. The first kappa shape index (κ1) is 14.3. The molecular weight excluding hydrogens is 275 g/mol. The minimum atomic E-state index is -0.264. The first-order chi connectivity index (χ1) is 10.7. The third kappa shape index (κ3) is 3.17. The van der Waals surface area contributed by atoms with E-state index in [0.717, 1.165) is 16.7 Å². The Morgan fingerprint density at radius 1 is 0.818 bits per heavy atom. The predicted octanol–water partition coefficient (Wildman–Crippen LogP) is 5.38. The molecule has 0 saturated carbocycles. The fourth-order valence-electron chi connectivity index (χ4n) is 2.42. The SMILES string of the molecule is Cc1ccccc1-c1ccc(OCc2ccccc2)cc1F. The molecule has 0 radical (unpaired) electrons. The van der Waals surface area contributed by atoms with Crippen LogP contribution >= 0.6 is 0 Å². The van der Waals surface area contributed by atoms with Gasteiger partial charge in [0.15, 0.2) is 0 Å². The zero-order valence-electron chi connectivity index (χ0n) is 12.4. The van der Waals surface area contributed by atoms with Crippen molar-refractivity contribution in [3.05, 3.63) is 89.7 Å². The Kier molecular flexibility index (Phi) is 4.19. The van der Waals surface area contributed by atoms with E-state index >= 15 is 0 Å². The molecule has 0 heterocycles. The summed E-state index contributed by atoms with van der Waals surface area (Å²) >= 11 is 0. The van der Waals surface area contributed by atoms with Crippen molar-refractivity contribution in [3.63, 3.8) is 0 Å². The molecule has 2 heteroatoms. The Bertz CT molecular complexity index is 766. The van der Waals surface area contributed by atoms with Gasteiger partial charge in [-0.2, -0.15) is 0 Å². The van der Waals surface area contributed by atoms with Crippen molar-refractivity contribution in [2.75, 3.05) is 0 Å². The van der Waals surface area contributed by atoms with Crippen LogP contribution < -0.4 is 4.74 Å². The number of aryl methyl sites for hydroxylation is 1. The zero-order chi connectivity index (χ0) is 15.4. The van der Waals surface area contributed by atoms with E-state index in [4.69, 9.17) is 4.74 Å². The van der Waals surface area contributed by atoms with Crippen molar-refractivity contribution in [1.82, 2.24) is 0 Å². The second kappa shape index (κ2) is 6.44. The molecule has 3 rings (SSSR count). The van der Waals surface area contributed by atoms with Gasteiger partial charge in [-0.25, -0.2) is 4.39 Å². The highest BCUT2D eigenvalue weighted by Gasteiger charge is 2.08. The third-order valence-electron chi connectivity index (χ3n) is 3.62. The highest BCUT2D eigenvalue weighted by Crippen LogP contribution is 2.28. The minimum Gasteiger partial charge on any atom is -0.489 e. The van der Waals surface area contributed by atoms with E-state index in [1.807, 2.05) is 67.6 Å². The molecule has 3 aromatic carbocycles. The molecule has 0 atom stereocenters. The average molecular weight is 292 g/mol. The van der Waals surface area contributed by atoms with Crippen molar-refractivity contribution < 1.29 is 9.13 Å². The van der Waals surface area contributed by atoms with E-state index in [2.05, 4.69) is 0 Å². The van der Waals surface area contributed by atoms with Crippen LogP contribution in [0, 0.1) is 12.7 Å². The van der Waals surface area contributed by atoms with Crippen LogP contribution in [-0.4, -0.2) is 0 Å². The third-order valence-corrected chi connectivity index (χ3v) is 3.62. The summed E-state index contributed by atoms with van der Waals surface area (Å²) in [6.45, 7) is 2.42. The highest BCUT2D eigenvalue weighted by molar-refractivity contribution is 5.68. The lowest BCUT2D eigenvalue weighted by molar-refractivity contribution is 0.304. The van der Waals surface area contributed by atoms with Crippen LogP contribution in [0.5, 0.6) is 5.75 Å². The summed E-state index contributed by atoms with van der Waals surface area (Å²) in [4.78, 5) is 0. The van der Waals surface area contributed by atoms with Gasteiger partial charge in [-0.05, 0) is 35.7 Å². The standard InChI is InChI=1S/C20H17FO/c1-15-7-5-6-10-18(15)19-12-11-17(13-20(19)21)22-14-16-8-3-2-4-9-16/h2-13H,14H2,1H3. The zero-order valence-corrected chi connectivity index (χ0v) is 12.4. The summed E-state index contributed by atoms with van der Waals surface area (Å²) in [5.41, 5.74) is 3.63. The van der Waals surface area contributed by atoms with Crippen LogP contribution in [0.4, 0.5) is 4.39 Å². The Morgan fingerprint density at radius 3 is 2.27 bits per heavy atom. The number of hydrogen-bond acceptors (Lipinski definition) is 1. The predicted molar refractivity (Wildman–Crippen MR) is 87.3 cm³/mol. The van der Waals surface area contributed by atoms with Gasteiger partial charge in [0.05, 0.1) is 0 Å². The molecule has 22 heavy (non-hydrogen) atoms. The van der Waals surface area contributed by atoms with Crippen LogP contribution in [0.15, 0.2) is 72.8 Å². The van der Waals surface area contributed by atoms with Crippen LogP contribution in [-0.2, 0) is 6.61 Å². The largest absolute Gasteiger partial charge is 0.489 e. The Balaban J connectivity index is 1.79. The summed E-state index contributed by atoms with van der Waals surface area (Å²) in [6, 6.07) is 22.7. The van der Waals surface area contributed by atoms with Gasteiger partial charge in [-0.1, -0.05) is 54.6 Å². The first-order valence-corrected chi connectivity index (χ1v) is 7.26. The molecule has 0 amide bonds. The molecule has 0 aliphatic rings. The summed E-state index contributed by atoms with van der Waals surface area (Å²) in [7, 11) is 0. The molecule has 0 N–H and O–H groups in total. The topological polar surface area (TPSA) is 9.23 Å². The number of ether oxygens (including phenoxy) is 1. The van der Waals surface area contributed by atoms with Gasteiger partial charge in [0.2, 0.25) is 0 Å². The fraction of sp³-hybridized carbons (Fsp3) is 0.100. The maximum absolute atomic E-state index is 14.4. The number of hydrogen-bond donors (Lipinski definition) is 0. The van der Waals surface area contributed by atoms with Gasteiger partial charge in [0, 0.05) is 11.6 Å². The average Bonchev–Trinajstić information content (AvgIpc) is 2.55. The maximum Gasteiger partial charge on any atom is 0.134 e. The second-order valence-corrected chi connectivity index (χ2v) is 5.23. The molecule has 0 bridgehead atoms. The molecule has 0 aliphatic carbocycles. The van der Waals surface area contributed by atoms with E-state index in [1.54, 1.807) is 6.07 Å². The Labute approximate surface area is 130 Å². The Hall–Kier alpha value is -2.61. The summed E-state index contributed by atoms with van der Waals surface area (Å²) in [5.74, 6) is 0.276. The van der Waals surface area contributed by atoms with Crippen LogP contribution in [0.1, 0.15) is 11.1 Å². The lowest BCUT2D eigenvalue weighted by Crippen LogP contribution is -1.96. The molecule has 110 valence electrons. The molecule has 0 saturated heterocycles. The molecule has 3 aromatic rings. The van der Waals surface area contributed by atoms with E-state index in [-0.39, 0.29) is 5.82 Å². The van der Waals surface area contributed by atoms with Crippen molar-refractivity contribution in [3.8, 4) is 16.9 Å². The van der Waals surface area contributed by atoms with Gasteiger partial charge in [-0.3, -0.25) is 0 Å². The molecule has 0 aromatic heterocycles. The second-order valence-electron chi connectivity index (χ2n) is 5.23. The van der Waals surface area contributed by atoms with Crippen LogP contribution in [0.2, 0.25) is 0 Å². The van der Waals surface area contributed by atoms with Gasteiger partial charge in [-0.15, -0.1) is 0 Å². The lowest BCUT2D eigenvalue weighted by Gasteiger charge is -2.10. The van der Waals surface area contributed by atoms with Crippen molar-refractivity contribution in [1.29, 1.82) is 0 Å². The minimum absolute atomic E-state index is 0.264. The smallest absolute Gasteiger partial charge is 0.134 e. The van der Waals surface area contributed by atoms with E-state index in [1.165, 1.54) is 6.07 Å². The normalized spacial score (nSPS) is 10.5. The monoisotopic (exact) mass is 292 g/mol. The van der Waals surface area contributed by atoms with Crippen LogP contribution in [0.25, 0.3) is 11.1 Å². The molecule has 1 nitrogen and oxygen atoms in total. The van der Waals surface area contributed by atoms with Gasteiger partial charge >= 0.3 is 0 Å². The summed E-state index contributed by atoms with van der Waals surface area (Å²) < 4.78 is 20.0. The number of benzene rings is 3. The lowest BCUT2D eigenvalue weighted by atomic mass is 10.0. The van der Waals surface area contributed by atoms with Gasteiger partial charge < -0.3 is 4.74 Å². The van der Waals surface area contributed by atoms with Crippen molar-refractivity contribution in [2.24, 2.45) is 0 Å². The van der Waals surface area contributed by atoms with Crippen molar-refractivity contribution >= 4 is 0 Å². The van der Waals surface area contributed by atoms with Crippen molar-refractivity contribution in [2.45, 2.75) is 13.5 Å².